The lowest BCUT2D eigenvalue weighted by molar-refractivity contribution is 0.549. The second kappa shape index (κ2) is 5.93. The molecule has 0 radical (unpaired) electrons. The summed E-state index contributed by atoms with van der Waals surface area (Å²) < 4.78 is 1.14. The molecule has 0 aromatic carbocycles. The highest BCUT2D eigenvalue weighted by atomic mass is 79.9. The minimum atomic E-state index is 0.0908. The molecule has 5 heteroatoms. The summed E-state index contributed by atoms with van der Waals surface area (Å²) in [4.78, 5) is 5.78. The molecule has 0 fully saturated rings. The Morgan fingerprint density at radius 2 is 2.17 bits per heavy atom. The van der Waals surface area contributed by atoms with Crippen LogP contribution in [-0.2, 0) is 6.42 Å². The lowest BCUT2D eigenvalue weighted by Gasteiger charge is -2.18. The summed E-state index contributed by atoms with van der Waals surface area (Å²) in [6.07, 6.45) is 0.861. The fourth-order valence-electron chi connectivity index (χ4n) is 1.98. The molecule has 1 unspecified atom stereocenters. The molecule has 96 valence electrons. The molecule has 18 heavy (non-hydrogen) atoms. The number of halogens is 1. The van der Waals surface area contributed by atoms with Crippen LogP contribution in [0.5, 0.6) is 0 Å². The molecule has 0 saturated heterocycles. The first-order valence-electron chi connectivity index (χ1n) is 5.74. The van der Waals surface area contributed by atoms with E-state index in [1.165, 1.54) is 4.88 Å². The van der Waals surface area contributed by atoms with Crippen molar-refractivity contribution in [2.24, 2.45) is 5.84 Å². The van der Waals surface area contributed by atoms with E-state index in [4.69, 9.17) is 5.84 Å². The summed E-state index contributed by atoms with van der Waals surface area (Å²) in [5.74, 6) is 5.69. The average Bonchev–Trinajstić information content (AvgIpc) is 2.73. The lowest BCUT2D eigenvalue weighted by atomic mass is 10.0. The minimum absolute atomic E-state index is 0.0908. The SMILES string of the molecule is Cc1ccc(C(Cc2sccc2Br)NN)c(C)n1. The number of hydrogen-bond acceptors (Lipinski definition) is 4. The number of aryl methyl sites for hydroxylation is 2. The Kier molecular flexibility index (Phi) is 4.50. The lowest BCUT2D eigenvalue weighted by Crippen LogP contribution is -2.30. The van der Waals surface area contributed by atoms with Gasteiger partial charge >= 0.3 is 0 Å². The highest BCUT2D eigenvalue weighted by molar-refractivity contribution is 9.10. The zero-order valence-corrected chi connectivity index (χ0v) is 12.8. The fraction of sp³-hybridized carbons (Fsp3) is 0.308. The first-order valence-corrected chi connectivity index (χ1v) is 7.41. The number of nitrogens with two attached hydrogens (primary N) is 1. The van der Waals surface area contributed by atoms with Crippen LogP contribution in [0.3, 0.4) is 0 Å². The maximum Gasteiger partial charge on any atom is 0.0526 e. The Hall–Kier alpha value is -0.750. The van der Waals surface area contributed by atoms with Gasteiger partial charge in [0.15, 0.2) is 0 Å². The first kappa shape index (κ1) is 13.7. The molecule has 0 spiro atoms. The van der Waals surface area contributed by atoms with Gasteiger partial charge in [-0.2, -0.15) is 0 Å². The molecule has 2 heterocycles. The minimum Gasteiger partial charge on any atom is -0.271 e. The molecule has 2 aromatic rings. The van der Waals surface area contributed by atoms with Gasteiger partial charge in [0, 0.05) is 27.2 Å². The van der Waals surface area contributed by atoms with Crippen molar-refractivity contribution in [1.29, 1.82) is 0 Å². The molecule has 3 nitrogen and oxygen atoms in total. The molecule has 0 amide bonds. The van der Waals surface area contributed by atoms with Crippen molar-refractivity contribution >= 4 is 27.3 Å². The van der Waals surface area contributed by atoms with Crippen molar-refractivity contribution < 1.29 is 0 Å². The van der Waals surface area contributed by atoms with E-state index in [1.54, 1.807) is 11.3 Å². The third kappa shape index (κ3) is 2.98. The number of hydrazine groups is 1. The average molecular weight is 326 g/mol. The Balaban J connectivity index is 2.26. The third-order valence-electron chi connectivity index (χ3n) is 2.92. The van der Waals surface area contributed by atoms with Crippen molar-refractivity contribution in [3.8, 4) is 0 Å². The Morgan fingerprint density at radius 1 is 1.39 bits per heavy atom. The van der Waals surface area contributed by atoms with Crippen LogP contribution in [0, 0.1) is 13.8 Å². The summed E-state index contributed by atoms with van der Waals surface area (Å²) in [5, 5.41) is 2.08. The summed E-state index contributed by atoms with van der Waals surface area (Å²) in [5.41, 5.74) is 6.11. The maximum absolute atomic E-state index is 5.69. The van der Waals surface area contributed by atoms with Crippen molar-refractivity contribution in [1.82, 2.24) is 10.4 Å². The van der Waals surface area contributed by atoms with Crippen molar-refractivity contribution in [2.45, 2.75) is 26.3 Å². The summed E-state index contributed by atoms with van der Waals surface area (Å²) in [6.45, 7) is 4.02. The van der Waals surface area contributed by atoms with Gasteiger partial charge in [0.1, 0.15) is 0 Å². The van der Waals surface area contributed by atoms with E-state index in [9.17, 15) is 0 Å². The Bertz CT molecular complexity index is 539. The van der Waals surface area contributed by atoms with Gasteiger partial charge in [0.05, 0.1) is 6.04 Å². The number of hydrogen-bond donors (Lipinski definition) is 2. The molecule has 0 aliphatic heterocycles. The van der Waals surface area contributed by atoms with E-state index >= 15 is 0 Å². The predicted molar refractivity (Wildman–Crippen MR) is 79.5 cm³/mol. The van der Waals surface area contributed by atoms with Gasteiger partial charge in [-0.25, -0.2) is 0 Å². The van der Waals surface area contributed by atoms with E-state index in [0.717, 1.165) is 27.8 Å². The maximum atomic E-state index is 5.69. The van der Waals surface area contributed by atoms with Crippen LogP contribution in [0.25, 0.3) is 0 Å². The van der Waals surface area contributed by atoms with Crippen LogP contribution < -0.4 is 11.3 Å². The van der Waals surface area contributed by atoms with Gasteiger partial charge in [-0.15, -0.1) is 11.3 Å². The van der Waals surface area contributed by atoms with E-state index in [1.807, 2.05) is 19.9 Å². The zero-order valence-electron chi connectivity index (χ0n) is 10.4. The predicted octanol–water partition coefficient (Wildman–Crippen LogP) is 3.27. The van der Waals surface area contributed by atoms with Gasteiger partial charge in [-0.1, -0.05) is 6.07 Å². The second-order valence-electron chi connectivity index (χ2n) is 4.24. The number of nitrogens with zero attached hydrogens (tertiary/aromatic N) is 1. The summed E-state index contributed by atoms with van der Waals surface area (Å²) in [6, 6.07) is 6.28. The van der Waals surface area contributed by atoms with Gasteiger partial charge in [0.25, 0.3) is 0 Å². The molecular weight excluding hydrogens is 310 g/mol. The normalized spacial score (nSPS) is 12.7. The number of pyridine rings is 1. The van der Waals surface area contributed by atoms with E-state index in [-0.39, 0.29) is 6.04 Å². The van der Waals surface area contributed by atoms with Gasteiger partial charge in [-0.3, -0.25) is 16.3 Å². The summed E-state index contributed by atoms with van der Waals surface area (Å²) in [7, 11) is 0. The van der Waals surface area contributed by atoms with Crippen LogP contribution in [0.4, 0.5) is 0 Å². The van der Waals surface area contributed by atoms with Crippen LogP contribution in [0.15, 0.2) is 28.1 Å². The van der Waals surface area contributed by atoms with Gasteiger partial charge in [-0.05, 0) is 52.9 Å². The zero-order chi connectivity index (χ0) is 13.1. The number of aromatic nitrogens is 1. The van der Waals surface area contributed by atoms with E-state index in [0.29, 0.717) is 0 Å². The largest absolute Gasteiger partial charge is 0.271 e. The standard InChI is InChI=1S/C13H16BrN3S/c1-8-3-4-10(9(2)16-8)12(17-15)7-13-11(14)5-6-18-13/h3-6,12,17H,7,15H2,1-2H3. The number of nitrogens with one attached hydrogen (secondary N) is 1. The van der Waals surface area contributed by atoms with Gasteiger partial charge in [0.2, 0.25) is 0 Å². The van der Waals surface area contributed by atoms with Crippen LogP contribution in [-0.4, -0.2) is 4.98 Å². The third-order valence-corrected chi connectivity index (χ3v) is 4.87. The fourth-order valence-corrected chi connectivity index (χ4v) is 3.54. The van der Waals surface area contributed by atoms with Crippen molar-refractivity contribution in [3.63, 3.8) is 0 Å². The van der Waals surface area contributed by atoms with Crippen molar-refractivity contribution in [2.75, 3.05) is 0 Å². The Labute approximate surface area is 120 Å². The smallest absolute Gasteiger partial charge is 0.0526 e. The summed E-state index contributed by atoms with van der Waals surface area (Å²) >= 11 is 5.29. The molecule has 2 rings (SSSR count). The van der Waals surface area contributed by atoms with Crippen LogP contribution >= 0.6 is 27.3 Å². The molecule has 1 atom stereocenters. The van der Waals surface area contributed by atoms with E-state index < -0.39 is 0 Å². The molecule has 0 saturated carbocycles. The van der Waals surface area contributed by atoms with E-state index in [2.05, 4.69) is 43.9 Å². The topological polar surface area (TPSA) is 50.9 Å². The highest BCUT2D eigenvalue weighted by Crippen LogP contribution is 2.28. The molecule has 0 aliphatic rings. The van der Waals surface area contributed by atoms with Crippen LogP contribution in [0.1, 0.15) is 27.9 Å². The molecular formula is C13H16BrN3S. The van der Waals surface area contributed by atoms with Crippen LogP contribution in [0.2, 0.25) is 0 Å². The first-order chi connectivity index (χ1) is 8.61. The number of rotatable bonds is 4. The van der Waals surface area contributed by atoms with Gasteiger partial charge < -0.3 is 0 Å². The number of thiophene rings is 1. The Morgan fingerprint density at radius 3 is 2.72 bits per heavy atom. The molecule has 0 aliphatic carbocycles. The monoisotopic (exact) mass is 325 g/mol. The second-order valence-corrected chi connectivity index (χ2v) is 6.10. The quantitative estimate of drug-likeness (QED) is 0.670. The molecule has 2 aromatic heterocycles. The highest BCUT2D eigenvalue weighted by Gasteiger charge is 2.16. The van der Waals surface area contributed by atoms with Crippen molar-refractivity contribution in [3.05, 3.63) is 49.9 Å². The molecule has 3 N–H and O–H groups in total. The molecule has 0 bridgehead atoms.